The molecule has 0 bridgehead atoms. The molecule has 3 aromatic rings. The first-order chi connectivity index (χ1) is 13.7. The van der Waals surface area contributed by atoms with Crippen LogP contribution in [0, 0.1) is 6.92 Å². The van der Waals surface area contributed by atoms with Crippen LogP contribution in [0.3, 0.4) is 0 Å². The Balaban J connectivity index is 1.24. The van der Waals surface area contributed by atoms with E-state index in [1.807, 2.05) is 55.5 Å². The molecule has 0 spiro atoms. The van der Waals surface area contributed by atoms with Crippen molar-refractivity contribution in [3.05, 3.63) is 54.1 Å². The lowest BCUT2D eigenvalue weighted by molar-refractivity contribution is -0.119. The molecule has 0 fully saturated rings. The van der Waals surface area contributed by atoms with Crippen LogP contribution in [0.2, 0.25) is 0 Å². The number of fused-ring (bicyclic) bond motifs is 1. The summed E-state index contributed by atoms with van der Waals surface area (Å²) < 4.78 is 17.1. The van der Waals surface area contributed by atoms with Gasteiger partial charge in [-0.3, -0.25) is 4.79 Å². The van der Waals surface area contributed by atoms with Crippen LogP contribution in [-0.2, 0) is 4.79 Å². The predicted octanol–water partition coefficient (Wildman–Crippen LogP) is 3.09. The van der Waals surface area contributed by atoms with Crippen molar-refractivity contribution >= 4 is 17.7 Å². The van der Waals surface area contributed by atoms with Crippen LogP contribution in [0.4, 0.5) is 0 Å². The van der Waals surface area contributed by atoms with E-state index >= 15 is 0 Å². The number of para-hydroxylation sites is 2. The molecule has 1 amide bonds. The van der Waals surface area contributed by atoms with Crippen LogP contribution in [0.15, 0.2) is 58.2 Å². The van der Waals surface area contributed by atoms with Gasteiger partial charge < -0.3 is 19.2 Å². The lowest BCUT2D eigenvalue weighted by Gasteiger charge is -2.26. The van der Waals surface area contributed by atoms with Crippen LogP contribution in [0.5, 0.6) is 11.5 Å². The molecule has 144 valence electrons. The molecule has 0 unspecified atom stereocenters. The molecule has 1 aliphatic rings. The predicted molar refractivity (Wildman–Crippen MR) is 105 cm³/mol. The molecule has 2 aromatic carbocycles. The molecule has 1 aromatic heterocycles. The Morgan fingerprint density at radius 1 is 1.14 bits per heavy atom. The molecular formula is C20H19N3O4S. The summed E-state index contributed by atoms with van der Waals surface area (Å²) in [5.74, 6) is 1.90. The Morgan fingerprint density at radius 3 is 2.75 bits per heavy atom. The largest absolute Gasteiger partial charge is 0.486 e. The monoisotopic (exact) mass is 397 g/mol. The van der Waals surface area contributed by atoms with Crippen LogP contribution < -0.4 is 14.8 Å². The number of aromatic nitrogens is 2. The number of rotatable bonds is 6. The Bertz CT molecular complexity index is 958. The standard InChI is InChI=1S/C20H19N3O4S/c1-13-6-8-14(9-7-13)19-22-23-20(27-19)28-12-18(24)21-10-15-11-25-16-4-2-3-5-17(16)26-15/h2-9,15H,10-12H2,1H3,(H,21,24)/t15-/m1/s1. The third kappa shape index (κ3) is 4.45. The van der Waals surface area contributed by atoms with Crippen molar-refractivity contribution in [1.82, 2.24) is 15.5 Å². The van der Waals surface area contributed by atoms with Crippen molar-refractivity contribution in [3.63, 3.8) is 0 Å². The summed E-state index contributed by atoms with van der Waals surface area (Å²) >= 11 is 1.20. The SMILES string of the molecule is Cc1ccc(-c2nnc(SCC(=O)NC[C@@H]3COc4ccccc4O3)o2)cc1. The second-order valence-corrected chi connectivity index (χ2v) is 7.26. The maximum atomic E-state index is 12.1. The summed E-state index contributed by atoms with van der Waals surface area (Å²) in [5.41, 5.74) is 2.01. The number of nitrogens with one attached hydrogen (secondary N) is 1. The van der Waals surface area contributed by atoms with Gasteiger partial charge in [-0.25, -0.2) is 0 Å². The molecule has 0 saturated heterocycles. The lowest BCUT2D eigenvalue weighted by atomic mass is 10.1. The first-order valence-corrected chi connectivity index (χ1v) is 9.84. The van der Waals surface area contributed by atoms with Gasteiger partial charge in [-0.15, -0.1) is 10.2 Å². The average molecular weight is 397 g/mol. The second kappa shape index (κ2) is 8.35. The van der Waals surface area contributed by atoms with E-state index in [9.17, 15) is 4.79 Å². The third-order valence-corrected chi connectivity index (χ3v) is 4.94. The Kier molecular flexibility index (Phi) is 5.48. The smallest absolute Gasteiger partial charge is 0.277 e. The number of hydrogen-bond acceptors (Lipinski definition) is 7. The van der Waals surface area contributed by atoms with Gasteiger partial charge >= 0.3 is 0 Å². The Hall–Kier alpha value is -3.00. The summed E-state index contributed by atoms with van der Waals surface area (Å²) in [4.78, 5) is 12.1. The second-order valence-electron chi connectivity index (χ2n) is 6.33. The molecule has 1 atom stereocenters. The normalized spacial score (nSPS) is 15.2. The summed E-state index contributed by atoms with van der Waals surface area (Å²) in [6, 6.07) is 15.3. The molecule has 28 heavy (non-hydrogen) atoms. The zero-order valence-electron chi connectivity index (χ0n) is 15.3. The molecule has 1 N–H and O–H groups in total. The summed E-state index contributed by atoms with van der Waals surface area (Å²) in [7, 11) is 0. The van der Waals surface area contributed by atoms with Crippen LogP contribution in [-0.4, -0.2) is 41.1 Å². The molecule has 4 rings (SSSR count). The van der Waals surface area contributed by atoms with Gasteiger partial charge in [-0.1, -0.05) is 41.6 Å². The van der Waals surface area contributed by atoms with E-state index in [0.717, 1.165) is 16.9 Å². The van der Waals surface area contributed by atoms with Crippen molar-refractivity contribution < 1.29 is 18.7 Å². The molecule has 0 saturated carbocycles. The van der Waals surface area contributed by atoms with E-state index in [1.165, 1.54) is 11.8 Å². The van der Waals surface area contributed by atoms with Gasteiger partial charge in [0.1, 0.15) is 12.7 Å². The van der Waals surface area contributed by atoms with Crippen LogP contribution in [0.1, 0.15) is 5.56 Å². The van der Waals surface area contributed by atoms with Crippen molar-refractivity contribution in [2.45, 2.75) is 18.3 Å². The van der Waals surface area contributed by atoms with Crippen molar-refractivity contribution in [1.29, 1.82) is 0 Å². The summed E-state index contributed by atoms with van der Waals surface area (Å²) in [6.07, 6.45) is -0.222. The number of aryl methyl sites for hydroxylation is 1. The van der Waals surface area contributed by atoms with Gasteiger partial charge in [0, 0.05) is 5.56 Å². The molecule has 8 heteroatoms. The van der Waals surface area contributed by atoms with Gasteiger partial charge in [-0.2, -0.15) is 0 Å². The number of nitrogens with zero attached hydrogens (tertiary/aromatic N) is 2. The van der Waals surface area contributed by atoms with E-state index in [4.69, 9.17) is 13.9 Å². The van der Waals surface area contributed by atoms with Gasteiger partial charge in [0.15, 0.2) is 11.5 Å². The van der Waals surface area contributed by atoms with E-state index in [2.05, 4.69) is 15.5 Å². The lowest BCUT2D eigenvalue weighted by Crippen LogP contribution is -2.41. The minimum absolute atomic E-state index is 0.137. The quantitative estimate of drug-likeness (QED) is 0.640. The molecule has 0 radical (unpaired) electrons. The molecule has 0 aliphatic carbocycles. The Labute approximate surface area is 166 Å². The summed E-state index contributed by atoms with van der Waals surface area (Å²) in [5, 5.41) is 11.2. The average Bonchev–Trinajstić information content (AvgIpc) is 3.20. The van der Waals surface area contributed by atoms with E-state index < -0.39 is 0 Å². The highest BCUT2D eigenvalue weighted by Crippen LogP contribution is 2.30. The minimum Gasteiger partial charge on any atom is -0.486 e. The highest BCUT2D eigenvalue weighted by Gasteiger charge is 2.21. The maximum absolute atomic E-state index is 12.1. The number of benzene rings is 2. The van der Waals surface area contributed by atoms with Crippen molar-refractivity contribution in [3.8, 4) is 23.0 Å². The maximum Gasteiger partial charge on any atom is 0.277 e. The highest BCUT2D eigenvalue weighted by atomic mass is 32.2. The van der Waals surface area contributed by atoms with E-state index in [0.29, 0.717) is 30.0 Å². The highest BCUT2D eigenvalue weighted by molar-refractivity contribution is 7.99. The molecular weight excluding hydrogens is 378 g/mol. The third-order valence-electron chi connectivity index (χ3n) is 4.13. The van der Waals surface area contributed by atoms with Gasteiger partial charge in [0.2, 0.25) is 11.8 Å². The number of carbonyl (C=O) groups excluding carboxylic acids is 1. The van der Waals surface area contributed by atoms with Crippen molar-refractivity contribution in [2.24, 2.45) is 0 Å². The van der Waals surface area contributed by atoms with Gasteiger partial charge in [0.25, 0.3) is 5.22 Å². The fourth-order valence-corrected chi connectivity index (χ4v) is 3.24. The molecule has 7 nitrogen and oxygen atoms in total. The number of ether oxygens (including phenoxy) is 2. The number of amides is 1. The fourth-order valence-electron chi connectivity index (χ4n) is 2.65. The Morgan fingerprint density at radius 2 is 1.93 bits per heavy atom. The summed E-state index contributed by atoms with van der Waals surface area (Å²) in [6.45, 7) is 2.78. The zero-order chi connectivity index (χ0) is 19.3. The number of thioether (sulfide) groups is 1. The molecule has 2 heterocycles. The number of hydrogen-bond donors (Lipinski definition) is 1. The van der Waals surface area contributed by atoms with E-state index in [1.54, 1.807) is 0 Å². The van der Waals surface area contributed by atoms with Crippen molar-refractivity contribution in [2.75, 3.05) is 18.9 Å². The van der Waals surface area contributed by atoms with Crippen LogP contribution in [0.25, 0.3) is 11.5 Å². The first kappa shape index (κ1) is 18.4. The topological polar surface area (TPSA) is 86.5 Å². The van der Waals surface area contributed by atoms with E-state index in [-0.39, 0.29) is 17.8 Å². The first-order valence-electron chi connectivity index (χ1n) is 8.86. The minimum atomic E-state index is -0.222. The van der Waals surface area contributed by atoms with Crippen LogP contribution >= 0.6 is 11.8 Å². The van der Waals surface area contributed by atoms with Gasteiger partial charge in [0.05, 0.1) is 12.3 Å². The number of carbonyl (C=O) groups is 1. The fraction of sp³-hybridized carbons (Fsp3) is 0.250. The van der Waals surface area contributed by atoms with Gasteiger partial charge in [-0.05, 0) is 31.2 Å². The molecule has 1 aliphatic heterocycles. The zero-order valence-corrected chi connectivity index (χ0v) is 16.1.